The second kappa shape index (κ2) is 4.57. The highest BCUT2D eigenvalue weighted by atomic mass is 79.9. The van der Waals surface area contributed by atoms with Gasteiger partial charge in [-0.15, -0.1) is 0 Å². The summed E-state index contributed by atoms with van der Waals surface area (Å²) in [6, 6.07) is 6.86. The number of benzene rings is 1. The first-order valence-electron chi connectivity index (χ1n) is 8.16. The van der Waals surface area contributed by atoms with E-state index in [4.69, 9.17) is 0 Å². The van der Waals surface area contributed by atoms with Crippen LogP contribution in [0.3, 0.4) is 0 Å². The summed E-state index contributed by atoms with van der Waals surface area (Å²) in [6.45, 7) is 0. The molecule has 4 atom stereocenters. The summed E-state index contributed by atoms with van der Waals surface area (Å²) in [6.07, 6.45) is 6.44. The van der Waals surface area contributed by atoms with Crippen molar-refractivity contribution in [2.24, 2.45) is 29.1 Å². The van der Waals surface area contributed by atoms with Crippen molar-refractivity contribution in [3.05, 3.63) is 46.5 Å². The van der Waals surface area contributed by atoms with E-state index in [0.29, 0.717) is 5.56 Å². The van der Waals surface area contributed by atoms with Crippen LogP contribution in [0.4, 0.5) is 0 Å². The molecule has 1 aromatic rings. The SMILES string of the molecule is O=C(NN1C(=O)[C@@H]2[C@@H](C1=O)[C@@H]1C=C[C@H]2C12CC2)c1cccc(Br)c1. The van der Waals surface area contributed by atoms with E-state index < -0.39 is 5.91 Å². The highest BCUT2D eigenvalue weighted by molar-refractivity contribution is 9.10. The standard InChI is InChI=1S/C18H15BrN2O3/c19-10-3-1-2-9(8-10)15(22)20-21-16(23)13-11-4-5-12(14(13)17(21)24)18(11)6-7-18/h1-5,8,11-14H,6-7H2,(H,20,22)/t11-,12+,13-,14-/m0/s1. The average molecular weight is 387 g/mol. The van der Waals surface area contributed by atoms with Crippen molar-refractivity contribution >= 4 is 33.7 Å². The maximum atomic E-state index is 12.8. The normalized spacial score (nSPS) is 34.1. The van der Waals surface area contributed by atoms with Crippen molar-refractivity contribution in [3.63, 3.8) is 0 Å². The summed E-state index contributed by atoms with van der Waals surface area (Å²) in [5.74, 6) is -1.21. The Morgan fingerprint density at radius 3 is 2.29 bits per heavy atom. The minimum absolute atomic E-state index is 0.164. The number of rotatable bonds is 2. The van der Waals surface area contributed by atoms with Crippen LogP contribution in [0.2, 0.25) is 0 Å². The largest absolute Gasteiger partial charge is 0.272 e. The Morgan fingerprint density at radius 1 is 1.12 bits per heavy atom. The fourth-order valence-electron chi connectivity index (χ4n) is 4.98. The van der Waals surface area contributed by atoms with Gasteiger partial charge in [0.05, 0.1) is 11.8 Å². The number of amides is 3. The quantitative estimate of drug-likeness (QED) is 0.626. The molecular formula is C18H15BrN2O3. The lowest BCUT2D eigenvalue weighted by atomic mass is 9.85. The van der Waals surface area contributed by atoms with E-state index in [2.05, 4.69) is 33.5 Å². The van der Waals surface area contributed by atoms with E-state index in [1.807, 2.05) is 6.07 Å². The molecule has 0 aromatic heterocycles. The van der Waals surface area contributed by atoms with Crippen LogP contribution in [-0.2, 0) is 9.59 Å². The van der Waals surface area contributed by atoms with Gasteiger partial charge >= 0.3 is 0 Å². The molecule has 2 bridgehead atoms. The lowest BCUT2D eigenvalue weighted by molar-refractivity contribution is -0.144. The Morgan fingerprint density at radius 2 is 1.75 bits per heavy atom. The van der Waals surface area contributed by atoms with Gasteiger partial charge in [0.2, 0.25) is 0 Å². The third kappa shape index (κ3) is 1.67. The van der Waals surface area contributed by atoms with Crippen LogP contribution in [0.1, 0.15) is 23.2 Å². The molecular weight excluding hydrogens is 372 g/mol. The number of allylic oxidation sites excluding steroid dienone is 2. The molecule has 5 rings (SSSR count). The zero-order chi connectivity index (χ0) is 16.6. The highest BCUT2D eigenvalue weighted by Crippen LogP contribution is 2.73. The molecule has 1 spiro atoms. The summed E-state index contributed by atoms with van der Waals surface area (Å²) in [4.78, 5) is 38.0. The van der Waals surface area contributed by atoms with Crippen molar-refractivity contribution < 1.29 is 14.4 Å². The molecule has 5 nitrogen and oxygen atoms in total. The van der Waals surface area contributed by atoms with Gasteiger partial charge in [0.1, 0.15) is 0 Å². The van der Waals surface area contributed by atoms with Crippen LogP contribution < -0.4 is 5.43 Å². The van der Waals surface area contributed by atoms with Crippen LogP contribution in [0.25, 0.3) is 0 Å². The predicted molar refractivity (Wildman–Crippen MR) is 88.2 cm³/mol. The lowest BCUT2D eigenvalue weighted by Gasteiger charge is -2.22. The van der Waals surface area contributed by atoms with Gasteiger partial charge in [-0.3, -0.25) is 19.8 Å². The Kier molecular flexibility index (Phi) is 2.74. The molecule has 6 heteroatoms. The van der Waals surface area contributed by atoms with Crippen LogP contribution in [0, 0.1) is 29.1 Å². The minimum Gasteiger partial charge on any atom is -0.272 e. The van der Waals surface area contributed by atoms with Gasteiger partial charge in [-0.1, -0.05) is 34.1 Å². The van der Waals surface area contributed by atoms with Crippen molar-refractivity contribution in [1.82, 2.24) is 10.4 Å². The molecule has 1 aromatic carbocycles. The van der Waals surface area contributed by atoms with E-state index >= 15 is 0 Å². The molecule has 3 aliphatic carbocycles. The van der Waals surface area contributed by atoms with Crippen LogP contribution in [-0.4, -0.2) is 22.7 Å². The lowest BCUT2D eigenvalue weighted by Crippen LogP contribution is -2.47. The van der Waals surface area contributed by atoms with Gasteiger partial charge in [0.25, 0.3) is 17.7 Å². The number of fused-ring (bicyclic) bond motifs is 3. The molecule has 24 heavy (non-hydrogen) atoms. The molecule has 0 radical (unpaired) electrons. The smallest absolute Gasteiger partial charge is 0.270 e. The number of carbonyl (C=O) groups is 3. The number of halogens is 1. The maximum absolute atomic E-state index is 12.8. The first kappa shape index (κ1) is 14.4. The number of hydrogen-bond acceptors (Lipinski definition) is 3. The van der Waals surface area contributed by atoms with Crippen LogP contribution in [0.15, 0.2) is 40.9 Å². The first-order chi connectivity index (χ1) is 11.5. The van der Waals surface area contributed by atoms with Gasteiger partial charge in [-0.25, -0.2) is 0 Å². The topological polar surface area (TPSA) is 66.5 Å². The van der Waals surface area contributed by atoms with Crippen molar-refractivity contribution in [1.29, 1.82) is 0 Å². The number of nitrogens with zero attached hydrogens (tertiary/aromatic N) is 1. The van der Waals surface area contributed by atoms with Gasteiger partial charge in [0.15, 0.2) is 0 Å². The highest BCUT2D eigenvalue weighted by Gasteiger charge is 2.73. The van der Waals surface area contributed by atoms with E-state index in [0.717, 1.165) is 22.3 Å². The summed E-state index contributed by atoms with van der Waals surface area (Å²) in [7, 11) is 0. The van der Waals surface area contributed by atoms with E-state index in [9.17, 15) is 14.4 Å². The summed E-state index contributed by atoms with van der Waals surface area (Å²) in [5.41, 5.74) is 3.09. The maximum Gasteiger partial charge on any atom is 0.270 e. The van der Waals surface area contributed by atoms with Crippen molar-refractivity contribution in [2.45, 2.75) is 12.8 Å². The zero-order valence-corrected chi connectivity index (χ0v) is 14.3. The number of hydrogen-bond donors (Lipinski definition) is 1. The minimum atomic E-state index is -0.445. The molecule has 3 fully saturated rings. The number of hydrazine groups is 1. The summed E-state index contributed by atoms with van der Waals surface area (Å²) < 4.78 is 0.768. The van der Waals surface area contributed by atoms with Gasteiger partial charge in [-0.05, 0) is 48.3 Å². The predicted octanol–water partition coefficient (Wildman–Crippen LogP) is 2.29. The van der Waals surface area contributed by atoms with E-state index in [1.54, 1.807) is 18.2 Å². The number of nitrogens with one attached hydrogen (secondary N) is 1. The Hall–Kier alpha value is -1.95. The molecule has 1 saturated heterocycles. The molecule has 2 saturated carbocycles. The van der Waals surface area contributed by atoms with Crippen molar-refractivity contribution in [3.8, 4) is 0 Å². The fraction of sp³-hybridized carbons (Fsp3) is 0.389. The molecule has 1 heterocycles. The average Bonchev–Trinajstić information content (AvgIpc) is 3.17. The molecule has 1 aliphatic heterocycles. The Bertz CT molecular complexity index is 795. The summed E-state index contributed by atoms with van der Waals surface area (Å²) >= 11 is 3.31. The van der Waals surface area contributed by atoms with E-state index in [-0.39, 0.29) is 40.9 Å². The monoisotopic (exact) mass is 386 g/mol. The van der Waals surface area contributed by atoms with Crippen LogP contribution in [0.5, 0.6) is 0 Å². The van der Waals surface area contributed by atoms with Gasteiger partial charge in [0, 0.05) is 10.0 Å². The fourth-order valence-corrected chi connectivity index (χ4v) is 5.38. The van der Waals surface area contributed by atoms with Crippen molar-refractivity contribution in [2.75, 3.05) is 0 Å². The van der Waals surface area contributed by atoms with Gasteiger partial charge in [-0.2, -0.15) is 5.01 Å². The first-order valence-corrected chi connectivity index (χ1v) is 8.95. The Labute approximate surface area is 147 Å². The molecule has 4 aliphatic rings. The third-order valence-electron chi connectivity index (χ3n) is 6.15. The third-order valence-corrected chi connectivity index (χ3v) is 6.65. The molecule has 0 unspecified atom stereocenters. The summed E-state index contributed by atoms with van der Waals surface area (Å²) in [5, 5.41) is 0.959. The number of carbonyl (C=O) groups excluding carboxylic acids is 3. The Balaban J connectivity index is 1.41. The number of imide groups is 1. The van der Waals surface area contributed by atoms with Crippen LogP contribution >= 0.6 is 15.9 Å². The second-order valence-electron chi connectivity index (χ2n) is 7.18. The second-order valence-corrected chi connectivity index (χ2v) is 8.10. The molecule has 3 amide bonds. The van der Waals surface area contributed by atoms with Gasteiger partial charge < -0.3 is 0 Å². The molecule has 122 valence electrons. The molecule has 1 N–H and O–H groups in total. The zero-order valence-electron chi connectivity index (χ0n) is 12.7. The van der Waals surface area contributed by atoms with E-state index in [1.165, 1.54) is 0 Å².